The van der Waals surface area contributed by atoms with Gasteiger partial charge in [0, 0.05) is 36.1 Å². The topological polar surface area (TPSA) is 158 Å². The normalized spacial score (nSPS) is 16.6. The number of nitrogens with one attached hydrogen (secondary N) is 2. The number of β-lactam (4-membered cyclic amide) rings is 1. The van der Waals surface area contributed by atoms with E-state index in [1.54, 1.807) is 4.90 Å². The molecule has 19 heteroatoms. The van der Waals surface area contributed by atoms with Crippen molar-refractivity contribution in [2.75, 3.05) is 31.5 Å². The highest BCUT2D eigenvalue weighted by Crippen LogP contribution is 2.51. The minimum atomic E-state index is -1.49. The van der Waals surface area contributed by atoms with Gasteiger partial charge in [-0.3, -0.25) is 19.2 Å². The second-order valence-electron chi connectivity index (χ2n) is 21.8. The van der Waals surface area contributed by atoms with Crippen LogP contribution in [0.1, 0.15) is 61.9 Å². The molecule has 460 valence electrons. The second-order valence-corrected chi connectivity index (χ2v) is 28.1. The molecule has 2 N–H and O–H groups in total. The van der Waals surface area contributed by atoms with E-state index >= 15 is 14.4 Å². The molecule has 2 saturated heterocycles. The summed E-state index contributed by atoms with van der Waals surface area (Å²) in [6.07, 6.45) is -0.823. The Morgan fingerprint density at radius 2 is 1.17 bits per heavy atom. The number of esters is 1. The van der Waals surface area contributed by atoms with E-state index < -0.39 is 51.2 Å². The smallest absolute Gasteiger partial charge is 0.326 e. The van der Waals surface area contributed by atoms with Crippen molar-refractivity contribution in [1.82, 2.24) is 15.2 Å². The lowest BCUT2D eigenvalue weighted by Gasteiger charge is -2.53. The summed E-state index contributed by atoms with van der Waals surface area (Å²) in [4.78, 5) is 74.8. The summed E-state index contributed by atoms with van der Waals surface area (Å²) in [7, 11) is 1.50. The average molecular weight is 1330 g/mol. The molecule has 2 amide bonds. The number of amides is 2. The first-order valence-corrected chi connectivity index (χ1v) is 34.2. The SMILES string of the molecule is COCOCc1c(SC2(C(=O)OC(c3ccccc3)c3ccccc3)CS[C@@H]3C(NC(=O)C(=NOC(c4ccccc4)(c4ccccc4)c4ccccc4)c4nc(NC(c5ccccc5)(c5ccccc5)c5ccccc5)sc4Cl)C(=O)N3C2)sc2ccsc2c1=O. The van der Waals surface area contributed by atoms with Crippen LogP contribution in [0.5, 0.6) is 0 Å². The van der Waals surface area contributed by atoms with Gasteiger partial charge in [-0.05, 0) is 39.3 Å². The number of nitrogens with zero attached hydrogens (tertiary/aromatic N) is 3. The van der Waals surface area contributed by atoms with Crippen molar-refractivity contribution in [2.45, 2.75) is 44.2 Å². The zero-order chi connectivity index (χ0) is 63.1. The van der Waals surface area contributed by atoms with E-state index in [2.05, 4.69) is 47.0 Å². The molecule has 2 unspecified atom stereocenters. The molecule has 2 aliphatic heterocycles. The minimum absolute atomic E-state index is 0.000761. The summed E-state index contributed by atoms with van der Waals surface area (Å²) in [5.74, 6) is -1.74. The molecule has 2 fully saturated rings. The van der Waals surface area contributed by atoms with Crippen molar-refractivity contribution in [3.63, 3.8) is 0 Å². The van der Waals surface area contributed by atoms with E-state index in [0.717, 1.165) is 43.9 Å². The molecule has 8 aromatic carbocycles. The van der Waals surface area contributed by atoms with Crippen LogP contribution in [0.2, 0.25) is 4.34 Å². The number of thiophene rings is 1. The Morgan fingerprint density at radius 3 is 1.67 bits per heavy atom. The third-order valence-electron chi connectivity index (χ3n) is 16.2. The van der Waals surface area contributed by atoms with Gasteiger partial charge < -0.3 is 34.6 Å². The Kier molecular flexibility index (Phi) is 18.7. The Balaban J connectivity index is 0.889. The molecule has 0 spiro atoms. The van der Waals surface area contributed by atoms with Gasteiger partial charge in [-0.1, -0.05) is 283 Å². The number of fused-ring (bicyclic) bond motifs is 2. The molecular weight excluding hydrogens is 1270 g/mol. The maximum atomic E-state index is 15.8. The Labute approximate surface area is 557 Å². The Hall–Kier alpha value is -8.69. The van der Waals surface area contributed by atoms with E-state index in [1.807, 2.05) is 218 Å². The van der Waals surface area contributed by atoms with Crippen LogP contribution < -0.4 is 16.1 Å². The van der Waals surface area contributed by atoms with Crippen molar-refractivity contribution in [1.29, 1.82) is 0 Å². The van der Waals surface area contributed by atoms with E-state index in [9.17, 15) is 4.79 Å². The first kappa shape index (κ1) is 62.1. The predicted octanol–water partition coefficient (Wildman–Crippen LogP) is 14.9. The lowest BCUT2D eigenvalue weighted by atomic mass is 9.77. The number of hydrogen-bond donors (Lipinski definition) is 2. The summed E-state index contributed by atoms with van der Waals surface area (Å²) in [5, 5.41) is 13.3. The van der Waals surface area contributed by atoms with Crippen LogP contribution >= 0.6 is 69.1 Å². The molecule has 92 heavy (non-hydrogen) atoms. The van der Waals surface area contributed by atoms with Crippen molar-refractivity contribution in [3.05, 3.63) is 324 Å². The molecule has 13 nitrogen and oxygen atoms in total. The zero-order valence-electron chi connectivity index (χ0n) is 49.3. The Morgan fingerprint density at radius 1 is 0.685 bits per heavy atom. The van der Waals surface area contributed by atoms with Gasteiger partial charge in [-0.15, -0.1) is 34.4 Å². The number of thioether (sulfide) groups is 2. The van der Waals surface area contributed by atoms with Gasteiger partial charge in [0.1, 0.15) is 38.5 Å². The maximum Gasteiger partial charge on any atom is 0.326 e. The number of aromatic nitrogens is 1. The average Bonchev–Trinajstić information content (AvgIpc) is 0.955. The van der Waals surface area contributed by atoms with Gasteiger partial charge in [0.25, 0.3) is 5.91 Å². The molecule has 0 saturated carbocycles. The zero-order valence-corrected chi connectivity index (χ0v) is 54.2. The third kappa shape index (κ3) is 12.2. The highest BCUT2D eigenvalue weighted by Gasteiger charge is 2.59. The number of methoxy groups -OCH3 is 1. The molecule has 0 aliphatic carbocycles. The van der Waals surface area contributed by atoms with Gasteiger partial charge in [0.15, 0.2) is 16.9 Å². The Bertz CT molecular complexity index is 4230. The first-order chi connectivity index (χ1) is 45.1. The van der Waals surface area contributed by atoms with Crippen LogP contribution in [0.25, 0.3) is 9.40 Å². The molecule has 11 aromatic rings. The first-order valence-electron chi connectivity index (χ1n) is 29.5. The highest BCUT2D eigenvalue weighted by molar-refractivity contribution is 8.06. The number of rotatable bonds is 23. The van der Waals surface area contributed by atoms with Crippen molar-refractivity contribution in [3.8, 4) is 0 Å². The van der Waals surface area contributed by atoms with Crippen LogP contribution in [-0.2, 0) is 51.2 Å². The summed E-state index contributed by atoms with van der Waals surface area (Å²) >= 11 is 13.8. The number of carbonyl (C=O) groups excluding carboxylic acids is 3. The molecule has 0 radical (unpaired) electrons. The van der Waals surface area contributed by atoms with Crippen molar-refractivity contribution < 1.29 is 33.4 Å². The van der Waals surface area contributed by atoms with Gasteiger partial charge in [-0.2, -0.15) is 0 Å². The van der Waals surface area contributed by atoms with E-state index in [4.69, 9.17) is 40.8 Å². The highest BCUT2D eigenvalue weighted by atomic mass is 35.5. The molecule has 0 bridgehead atoms. The van der Waals surface area contributed by atoms with Crippen LogP contribution in [0, 0.1) is 0 Å². The summed E-state index contributed by atoms with van der Waals surface area (Å²) in [6, 6.07) is 78.8. The number of ether oxygens (including phenoxy) is 3. The van der Waals surface area contributed by atoms with E-state index in [0.29, 0.717) is 36.3 Å². The molecule has 3 aromatic heterocycles. The number of anilines is 1. The number of thiazole rings is 1. The fourth-order valence-corrected chi connectivity index (χ4v) is 18.5. The van der Waals surface area contributed by atoms with Crippen molar-refractivity contribution in [2.24, 2.45) is 5.16 Å². The standard InChI is InChI=1S/C73H58ClN5O8S5/c1-84-47-85-44-56-61(80)63-57(42-43-88-63)90-68(56)92-71(69(83)86-62(48-26-10-2-11-27-48)49-28-12-3-13-29-49)45-79-66(82)60(67(79)89-46-71)75-65(81)59(78-87-73(53-36-20-7-21-37-53,54-38-22-8-23-39-54)55-40-24-9-25-41-55)58-64(74)91-70(76-58)77-72(50-30-14-4-15-31-50,51-32-16-5-17-33-51)52-34-18-6-19-35-52/h2-43,60,62,67H,44-47H2,1H3,(H,75,81)(H,76,77)/t60?,67-,71?/m1/s1. The van der Waals surface area contributed by atoms with Crippen LogP contribution in [0.3, 0.4) is 0 Å². The second kappa shape index (κ2) is 27.6. The number of halogens is 1. The number of oxime groups is 1. The monoisotopic (exact) mass is 1330 g/mol. The number of carbonyl (C=O) groups is 3. The van der Waals surface area contributed by atoms with E-state index in [1.165, 1.54) is 53.3 Å². The fourth-order valence-electron chi connectivity index (χ4n) is 11.8. The third-order valence-corrected chi connectivity index (χ3v) is 22.9. The molecule has 2 aliphatic rings. The summed E-state index contributed by atoms with van der Waals surface area (Å²) in [5.41, 5.74) is 3.74. The molecule has 5 heterocycles. The van der Waals surface area contributed by atoms with Crippen LogP contribution in [-0.4, -0.2) is 75.7 Å². The molecule has 3 atom stereocenters. The molecular formula is C73H58ClN5O8S5. The van der Waals surface area contributed by atoms with Gasteiger partial charge in [-0.25, -0.2) is 4.98 Å². The van der Waals surface area contributed by atoms with E-state index in [-0.39, 0.29) is 46.9 Å². The lowest BCUT2D eigenvalue weighted by Crippen LogP contribution is -2.75. The lowest BCUT2D eigenvalue weighted by molar-refractivity contribution is -0.155. The van der Waals surface area contributed by atoms with Gasteiger partial charge >= 0.3 is 5.97 Å². The fraction of sp³-hybridized carbons (Fsp3) is 0.151. The minimum Gasteiger partial charge on any atom is -0.451 e. The van der Waals surface area contributed by atoms with Gasteiger partial charge in [0.2, 0.25) is 16.9 Å². The summed E-state index contributed by atoms with van der Waals surface area (Å²) in [6.45, 7) is -0.282. The summed E-state index contributed by atoms with van der Waals surface area (Å²) < 4.78 is 18.3. The quantitative estimate of drug-likeness (QED) is 0.0119. The number of hydrogen-bond acceptors (Lipinski definition) is 16. The van der Waals surface area contributed by atoms with Crippen LogP contribution in [0.15, 0.2) is 268 Å². The predicted molar refractivity (Wildman–Crippen MR) is 369 cm³/mol. The maximum absolute atomic E-state index is 15.8. The van der Waals surface area contributed by atoms with Crippen LogP contribution in [0.4, 0.5) is 5.13 Å². The van der Waals surface area contributed by atoms with Gasteiger partial charge in [0.05, 0.1) is 25.8 Å². The largest absolute Gasteiger partial charge is 0.451 e. The number of benzene rings is 8. The molecule has 13 rings (SSSR count). The van der Waals surface area contributed by atoms with Crippen molar-refractivity contribution >= 4 is 107 Å².